The van der Waals surface area contributed by atoms with Crippen LogP contribution in [0.5, 0.6) is 0 Å². The van der Waals surface area contributed by atoms with Crippen LogP contribution in [0.1, 0.15) is 315 Å². The van der Waals surface area contributed by atoms with E-state index in [-0.39, 0.29) is 0 Å². The number of hydrogen-bond acceptors (Lipinski definition) is 3. The summed E-state index contributed by atoms with van der Waals surface area (Å²) in [5.74, 6) is 8.52. The van der Waals surface area contributed by atoms with Crippen molar-refractivity contribution in [2.45, 2.75) is 369 Å². The summed E-state index contributed by atoms with van der Waals surface area (Å²) in [6.45, 7) is 0. The topological polar surface area (TPSA) is 9.72 Å². The molecule has 11 aliphatic carbocycles. The molecule has 0 aromatic rings. The molecule has 0 aromatic carbocycles. The summed E-state index contributed by atoms with van der Waals surface area (Å²) in [5.41, 5.74) is 0. The van der Waals surface area contributed by atoms with Gasteiger partial charge in [0.05, 0.1) is 0 Å². The van der Waals surface area contributed by atoms with Gasteiger partial charge in [-0.05, 0) is 266 Å². The molecule has 11 rings (SSSR count). The molecular weight excluding hydrogens is 835 g/mol. The minimum absolute atomic E-state index is 0.919. The lowest BCUT2D eigenvalue weighted by molar-refractivity contribution is -0.00762. The Hall–Kier alpha value is -0.120. The van der Waals surface area contributed by atoms with E-state index in [1.165, 1.54) is 161 Å². The van der Waals surface area contributed by atoms with Crippen LogP contribution < -0.4 is 0 Å². The largest absolute Gasteiger partial charge is 0.294 e. The Morgan fingerprint density at radius 2 is 0.232 bits per heavy atom. The fourth-order valence-corrected chi connectivity index (χ4v) is 21.2. The van der Waals surface area contributed by atoms with E-state index in [0.29, 0.717) is 0 Å². The van der Waals surface area contributed by atoms with Gasteiger partial charge in [-0.15, -0.1) is 0 Å². The van der Waals surface area contributed by atoms with Crippen LogP contribution in [-0.2, 0) is 0 Å². The Labute approximate surface area is 429 Å². The van der Waals surface area contributed by atoms with E-state index < -0.39 is 0 Å². The van der Waals surface area contributed by atoms with Crippen molar-refractivity contribution in [1.29, 1.82) is 0 Å². The van der Waals surface area contributed by atoms with Crippen molar-refractivity contribution < 1.29 is 0 Å². The SMILES string of the molecule is C1CCC(N(C2CCCCC2)C2CCC(C3CCC(C4CCC(N(C5CCCCC5)C5CCC(C6CCC(C7CCC(N(C8CCCCC8)C8CCCCC8)CC7)CC6)CC5)CC4)CC3)CC2)CC1. The van der Waals surface area contributed by atoms with Crippen molar-refractivity contribution in [2.75, 3.05) is 0 Å². The molecule has 0 radical (unpaired) electrons. The smallest absolute Gasteiger partial charge is 0.0101 e. The van der Waals surface area contributed by atoms with E-state index in [1.807, 2.05) is 0 Å². The highest BCUT2D eigenvalue weighted by Crippen LogP contribution is 2.50. The average molecular weight is 951 g/mol. The maximum Gasteiger partial charge on any atom is 0.0101 e. The van der Waals surface area contributed by atoms with E-state index in [1.54, 1.807) is 154 Å². The summed E-state index contributed by atoms with van der Waals surface area (Å²) in [6.07, 6.45) is 75.5. The van der Waals surface area contributed by atoms with Gasteiger partial charge in [0.25, 0.3) is 0 Å². The van der Waals surface area contributed by atoms with Gasteiger partial charge < -0.3 is 0 Å². The number of rotatable bonds is 13. The summed E-state index contributed by atoms with van der Waals surface area (Å²) in [6, 6.07) is 8.37. The zero-order valence-electron chi connectivity index (χ0n) is 45.8. The van der Waals surface area contributed by atoms with Crippen molar-refractivity contribution in [2.24, 2.45) is 47.3 Å². The van der Waals surface area contributed by atoms with E-state index in [2.05, 4.69) is 14.7 Å². The molecule has 11 fully saturated rings. The summed E-state index contributed by atoms with van der Waals surface area (Å²) in [4.78, 5) is 9.76. The molecule has 11 aliphatic rings. The lowest BCUT2D eigenvalue weighted by atomic mass is 9.65. The molecular formula is C66H115N3. The Morgan fingerprint density at radius 1 is 0.116 bits per heavy atom. The molecule has 394 valence electrons. The van der Waals surface area contributed by atoms with Gasteiger partial charge in [-0.1, -0.05) is 96.3 Å². The van der Waals surface area contributed by atoms with Gasteiger partial charge in [-0.3, -0.25) is 14.7 Å². The maximum atomic E-state index is 3.32. The van der Waals surface area contributed by atoms with Crippen LogP contribution in [0.25, 0.3) is 0 Å². The molecule has 69 heavy (non-hydrogen) atoms. The molecule has 0 aliphatic heterocycles. The maximum absolute atomic E-state index is 3.32. The summed E-state index contributed by atoms with van der Waals surface area (Å²) in [7, 11) is 0. The van der Waals surface area contributed by atoms with Gasteiger partial charge in [0.15, 0.2) is 0 Å². The minimum Gasteiger partial charge on any atom is -0.294 e. The van der Waals surface area contributed by atoms with Crippen LogP contribution in [0.2, 0.25) is 0 Å². The number of nitrogens with zero attached hydrogens (tertiary/aromatic N) is 3. The molecule has 0 spiro atoms. The highest BCUT2D eigenvalue weighted by molar-refractivity contribution is 4.98. The standard InChI is InChI=1S/C66H115N3/c1-6-16-58(17-7-1)67(59-18-8-2-9-19-59)63-42-34-54(35-43-63)50-26-30-52(31-27-50)56-38-46-65(47-39-56)69(62-24-14-5-15-25-62)66-48-40-57(41-49-66)53-32-28-51(29-33-53)55-36-44-64(45-37-55)68(60-20-10-3-11-21-60)61-22-12-4-13-23-61/h50-66H,1-49H2. The first-order valence-electron chi connectivity index (χ1n) is 33.5. The molecule has 11 saturated carbocycles. The fraction of sp³-hybridized carbons (Fsp3) is 1.00. The van der Waals surface area contributed by atoms with Crippen LogP contribution in [0.3, 0.4) is 0 Å². The predicted octanol–water partition coefficient (Wildman–Crippen LogP) is 18.4. The van der Waals surface area contributed by atoms with Crippen LogP contribution in [0.4, 0.5) is 0 Å². The minimum atomic E-state index is 0.919. The van der Waals surface area contributed by atoms with Crippen LogP contribution >= 0.6 is 0 Å². The highest BCUT2D eigenvalue weighted by atomic mass is 15.2. The van der Waals surface area contributed by atoms with Gasteiger partial charge in [-0.25, -0.2) is 0 Å². The second-order valence-electron chi connectivity index (χ2n) is 28.4. The first-order chi connectivity index (χ1) is 34.2. The molecule has 0 N–H and O–H groups in total. The third kappa shape index (κ3) is 12.8. The molecule has 0 aromatic heterocycles. The average Bonchev–Trinajstić information content (AvgIpc) is 3.44. The van der Waals surface area contributed by atoms with Crippen molar-refractivity contribution in [3.63, 3.8) is 0 Å². The molecule has 3 heteroatoms. The predicted molar refractivity (Wildman–Crippen MR) is 294 cm³/mol. The van der Waals surface area contributed by atoms with Gasteiger partial charge in [0.2, 0.25) is 0 Å². The van der Waals surface area contributed by atoms with E-state index in [4.69, 9.17) is 0 Å². The zero-order valence-corrected chi connectivity index (χ0v) is 45.8. The van der Waals surface area contributed by atoms with Gasteiger partial charge in [0, 0.05) is 54.4 Å². The summed E-state index contributed by atoms with van der Waals surface area (Å²) in [5, 5.41) is 0. The van der Waals surface area contributed by atoms with Gasteiger partial charge in [-0.2, -0.15) is 0 Å². The van der Waals surface area contributed by atoms with Crippen LogP contribution in [-0.4, -0.2) is 69.1 Å². The lowest BCUT2D eigenvalue weighted by Crippen LogP contribution is -2.53. The van der Waals surface area contributed by atoms with E-state index in [0.717, 1.165) is 102 Å². The van der Waals surface area contributed by atoms with Gasteiger partial charge in [0.1, 0.15) is 0 Å². The van der Waals surface area contributed by atoms with Crippen LogP contribution in [0.15, 0.2) is 0 Å². The van der Waals surface area contributed by atoms with Crippen molar-refractivity contribution >= 4 is 0 Å². The molecule has 0 amide bonds. The molecule has 3 nitrogen and oxygen atoms in total. The summed E-state index contributed by atoms with van der Waals surface area (Å²) < 4.78 is 0. The highest BCUT2D eigenvalue weighted by Gasteiger charge is 2.44. The normalized spacial score (nSPS) is 40.9. The van der Waals surface area contributed by atoms with Crippen molar-refractivity contribution in [3.05, 3.63) is 0 Å². The summed E-state index contributed by atoms with van der Waals surface area (Å²) >= 11 is 0. The Bertz CT molecular complexity index is 1280. The Balaban J connectivity index is 0.609. The monoisotopic (exact) mass is 950 g/mol. The quantitative estimate of drug-likeness (QED) is 0.182. The molecule has 0 saturated heterocycles. The molecule has 0 heterocycles. The molecule has 0 unspecified atom stereocenters. The second kappa shape index (κ2) is 25.6. The van der Waals surface area contributed by atoms with Crippen molar-refractivity contribution in [3.8, 4) is 0 Å². The first kappa shape index (κ1) is 51.0. The van der Waals surface area contributed by atoms with Gasteiger partial charge >= 0.3 is 0 Å². The Morgan fingerprint density at radius 3 is 0.377 bits per heavy atom. The number of hydrogen-bond donors (Lipinski definition) is 0. The fourth-order valence-electron chi connectivity index (χ4n) is 21.2. The zero-order chi connectivity index (χ0) is 46.2. The van der Waals surface area contributed by atoms with E-state index in [9.17, 15) is 0 Å². The first-order valence-corrected chi connectivity index (χ1v) is 33.5. The molecule has 0 bridgehead atoms. The van der Waals surface area contributed by atoms with E-state index >= 15 is 0 Å². The van der Waals surface area contributed by atoms with Crippen LogP contribution in [0, 0.1) is 47.3 Å². The third-order valence-corrected chi connectivity index (χ3v) is 24.9. The Kier molecular flexibility index (Phi) is 18.9. The molecule has 0 atom stereocenters. The third-order valence-electron chi connectivity index (χ3n) is 24.9. The second-order valence-corrected chi connectivity index (χ2v) is 28.4. The lowest BCUT2D eigenvalue weighted by Gasteiger charge is -2.51. The van der Waals surface area contributed by atoms with Crippen molar-refractivity contribution in [1.82, 2.24) is 14.7 Å².